The van der Waals surface area contributed by atoms with Gasteiger partial charge in [0.25, 0.3) is 0 Å². The second-order valence-electron chi connectivity index (χ2n) is 9.75. The number of hydrogen-bond acceptors (Lipinski definition) is 7. The first-order chi connectivity index (χ1) is 19.1. The molecule has 0 aliphatic rings. The van der Waals surface area contributed by atoms with Gasteiger partial charge in [0, 0.05) is 24.8 Å². The van der Waals surface area contributed by atoms with Crippen LogP contribution in [0, 0.1) is 6.92 Å². The number of methoxy groups -OCH3 is 1. The van der Waals surface area contributed by atoms with E-state index in [1.807, 2.05) is 73.7 Å². The van der Waals surface area contributed by atoms with Gasteiger partial charge in [-0.1, -0.05) is 70.1 Å². The predicted octanol–water partition coefficient (Wildman–Crippen LogP) is 9.77. The molecule has 0 saturated carbocycles. The Morgan fingerprint density at radius 2 is 1.31 bits per heavy atom. The highest BCUT2D eigenvalue weighted by Crippen LogP contribution is 2.36. The van der Waals surface area contributed by atoms with Gasteiger partial charge in [-0.15, -0.1) is 5.11 Å². The summed E-state index contributed by atoms with van der Waals surface area (Å²) in [5, 5.41) is 27.1. The molecule has 39 heavy (non-hydrogen) atoms. The number of ether oxygens (including phenoxy) is 1. The third-order valence-corrected chi connectivity index (χ3v) is 6.67. The smallest absolute Gasteiger partial charge is 0.148 e. The first-order valence-electron chi connectivity index (χ1n) is 14.2. The Kier molecular flexibility index (Phi) is 13.1. The van der Waals surface area contributed by atoms with E-state index in [4.69, 9.17) is 4.74 Å². The first-order valence-corrected chi connectivity index (χ1v) is 14.2. The fourth-order valence-electron chi connectivity index (χ4n) is 4.39. The number of aliphatic hydroxyl groups is 1. The van der Waals surface area contributed by atoms with Crippen molar-refractivity contribution in [1.82, 2.24) is 0 Å². The minimum Gasteiger partial charge on any atom is -0.494 e. The molecule has 0 aliphatic carbocycles. The van der Waals surface area contributed by atoms with Crippen molar-refractivity contribution >= 4 is 28.4 Å². The summed E-state index contributed by atoms with van der Waals surface area (Å²) >= 11 is 0. The molecule has 0 atom stereocenters. The maximum Gasteiger partial charge on any atom is 0.148 e. The fourth-order valence-corrected chi connectivity index (χ4v) is 4.39. The molecule has 1 N–H and O–H groups in total. The van der Waals surface area contributed by atoms with E-state index in [9.17, 15) is 5.11 Å². The summed E-state index contributed by atoms with van der Waals surface area (Å²) in [4.78, 5) is 2.24. The van der Waals surface area contributed by atoms with Crippen LogP contribution in [0.2, 0.25) is 0 Å². The molecule has 3 aromatic rings. The fraction of sp³-hybridized carbons (Fsp3) is 0.438. The lowest BCUT2D eigenvalue weighted by atomic mass is 10.1. The number of aryl methyl sites for hydroxylation is 1. The van der Waals surface area contributed by atoms with Crippen molar-refractivity contribution in [3.63, 3.8) is 0 Å². The zero-order chi connectivity index (χ0) is 27.7. The summed E-state index contributed by atoms with van der Waals surface area (Å²) in [6, 6.07) is 21.4. The van der Waals surface area contributed by atoms with Crippen molar-refractivity contribution in [1.29, 1.82) is 0 Å². The highest BCUT2D eigenvalue weighted by Gasteiger charge is 2.09. The molecular weight excluding hydrogens is 486 g/mol. The van der Waals surface area contributed by atoms with Crippen molar-refractivity contribution in [2.75, 3.05) is 31.7 Å². The lowest BCUT2D eigenvalue weighted by Crippen LogP contribution is -2.27. The Morgan fingerprint density at radius 3 is 1.95 bits per heavy atom. The van der Waals surface area contributed by atoms with Gasteiger partial charge in [-0.25, -0.2) is 0 Å². The molecule has 0 amide bonds. The van der Waals surface area contributed by atoms with Crippen LogP contribution >= 0.6 is 0 Å². The van der Waals surface area contributed by atoms with Crippen LogP contribution in [0.5, 0.6) is 5.75 Å². The van der Waals surface area contributed by atoms with Gasteiger partial charge in [0.15, 0.2) is 0 Å². The van der Waals surface area contributed by atoms with Crippen molar-refractivity contribution in [2.45, 2.75) is 65.2 Å². The quantitative estimate of drug-likeness (QED) is 0.139. The summed E-state index contributed by atoms with van der Waals surface area (Å²) < 4.78 is 5.55. The molecule has 7 heteroatoms. The normalized spacial score (nSPS) is 11.5. The van der Waals surface area contributed by atoms with Crippen LogP contribution in [0.25, 0.3) is 0 Å². The van der Waals surface area contributed by atoms with Crippen LogP contribution in [-0.2, 0) is 0 Å². The lowest BCUT2D eigenvalue weighted by Gasteiger charge is -2.24. The highest BCUT2D eigenvalue weighted by atomic mass is 16.5. The van der Waals surface area contributed by atoms with E-state index in [-0.39, 0.29) is 6.61 Å². The third-order valence-electron chi connectivity index (χ3n) is 6.67. The topological polar surface area (TPSA) is 82.1 Å². The lowest BCUT2D eigenvalue weighted by molar-refractivity contribution is 0.301. The minimum absolute atomic E-state index is 0.137. The van der Waals surface area contributed by atoms with Crippen molar-refractivity contribution < 1.29 is 9.84 Å². The molecular formula is C32H43N5O2. The molecule has 0 unspecified atom stereocenters. The molecule has 0 aliphatic heterocycles. The third kappa shape index (κ3) is 10.2. The molecule has 0 heterocycles. The molecule has 3 aromatic carbocycles. The standard InChI is InChI=1S/C32H43N5O2/c1-4-5-6-7-8-9-10-14-21-37(22-23-38)29-19-17-28(18-20-29)34-36-31-24-26(2)30(25-32(31)39-3)35-33-27-15-12-11-13-16-27/h11-13,15-20,24-25,38H,4-10,14,21-23H2,1-3H3/b35-33+,36-34+. The van der Waals surface area contributed by atoms with Crippen LogP contribution < -0.4 is 9.64 Å². The summed E-state index contributed by atoms with van der Waals surface area (Å²) in [7, 11) is 1.61. The van der Waals surface area contributed by atoms with Gasteiger partial charge in [-0.3, -0.25) is 0 Å². The molecule has 208 valence electrons. The molecule has 0 fully saturated rings. The van der Waals surface area contributed by atoms with E-state index < -0.39 is 0 Å². The van der Waals surface area contributed by atoms with Crippen LogP contribution in [-0.4, -0.2) is 31.9 Å². The number of unbranched alkanes of at least 4 members (excludes halogenated alkanes) is 7. The van der Waals surface area contributed by atoms with E-state index in [0.29, 0.717) is 18.0 Å². The maximum atomic E-state index is 9.57. The summed E-state index contributed by atoms with van der Waals surface area (Å²) in [5.41, 5.74) is 4.92. The second-order valence-corrected chi connectivity index (χ2v) is 9.75. The number of rotatable bonds is 17. The maximum absolute atomic E-state index is 9.57. The van der Waals surface area contributed by atoms with E-state index in [1.54, 1.807) is 7.11 Å². The summed E-state index contributed by atoms with van der Waals surface area (Å²) in [6.45, 7) is 5.93. The highest BCUT2D eigenvalue weighted by molar-refractivity contribution is 5.63. The van der Waals surface area contributed by atoms with E-state index in [1.165, 1.54) is 44.9 Å². The van der Waals surface area contributed by atoms with E-state index in [2.05, 4.69) is 32.3 Å². The molecule has 0 radical (unpaired) electrons. The number of benzene rings is 3. The van der Waals surface area contributed by atoms with E-state index in [0.717, 1.165) is 41.3 Å². The van der Waals surface area contributed by atoms with Crippen LogP contribution in [0.3, 0.4) is 0 Å². The Hall–Kier alpha value is -3.58. The predicted molar refractivity (Wildman–Crippen MR) is 161 cm³/mol. The van der Waals surface area contributed by atoms with Gasteiger partial charge in [0.2, 0.25) is 0 Å². The molecule has 0 spiro atoms. The average molecular weight is 530 g/mol. The van der Waals surface area contributed by atoms with Crippen molar-refractivity contribution in [2.24, 2.45) is 20.5 Å². The Bertz CT molecular complexity index is 1160. The minimum atomic E-state index is 0.137. The van der Waals surface area contributed by atoms with Gasteiger partial charge < -0.3 is 14.7 Å². The van der Waals surface area contributed by atoms with Gasteiger partial charge in [-0.2, -0.15) is 15.3 Å². The van der Waals surface area contributed by atoms with Gasteiger partial charge in [-0.05, 0) is 61.4 Å². The molecule has 7 nitrogen and oxygen atoms in total. The summed E-state index contributed by atoms with van der Waals surface area (Å²) in [5.74, 6) is 0.586. The SMILES string of the molecule is CCCCCCCCCCN(CCO)c1ccc(/N=N/c2cc(C)c(/N=N/c3ccccc3)cc2OC)cc1. The zero-order valence-electron chi connectivity index (χ0n) is 23.7. The number of aliphatic hydroxyl groups excluding tert-OH is 1. The van der Waals surface area contributed by atoms with Gasteiger partial charge in [0.1, 0.15) is 11.4 Å². The molecule has 3 rings (SSSR count). The van der Waals surface area contributed by atoms with Gasteiger partial charge >= 0.3 is 0 Å². The number of anilines is 1. The van der Waals surface area contributed by atoms with Crippen molar-refractivity contribution in [3.05, 3.63) is 72.3 Å². The molecule has 0 saturated heterocycles. The number of azo groups is 2. The first kappa shape index (κ1) is 30.0. The van der Waals surface area contributed by atoms with Crippen LogP contribution in [0.15, 0.2) is 87.2 Å². The Balaban J connectivity index is 1.59. The monoisotopic (exact) mass is 529 g/mol. The van der Waals surface area contributed by atoms with E-state index >= 15 is 0 Å². The number of nitrogens with zero attached hydrogens (tertiary/aromatic N) is 5. The van der Waals surface area contributed by atoms with Crippen molar-refractivity contribution in [3.8, 4) is 5.75 Å². The van der Waals surface area contributed by atoms with Gasteiger partial charge in [0.05, 0.1) is 30.8 Å². The number of hydrogen-bond donors (Lipinski definition) is 1. The molecule has 0 aromatic heterocycles. The Morgan fingerprint density at radius 1 is 0.692 bits per heavy atom. The molecule has 0 bridgehead atoms. The zero-order valence-corrected chi connectivity index (χ0v) is 23.7. The Labute approximate surface area is 233 Å². The van der Waals surface area contributed by atoms with Crippen LogP contribution in [0.4, 0.5) is 28.4 Å². The summed E-state index contributed by atoms with van der Waals surface area (Å²) in [6.07, 6.45) is 10.3. The van der Waals surface area contributed by atoms with Crippen LogP contribution in [0.1, 0.15) is 63.9 Å². The largest absolute Gasteiger partial charge is 0.494 e. The average Bonchev–Trinajstić information content (AvgIpc) is 2.97. The second kappa shape index (κ2) is 17.1.